The van der Waals surface area contributed by atoms with E-state index in [9.17, 15) is 0 Å². The predicted molar refractivity (Wildman–Crippen MR) is 92.8 cm³/mol. The number of hydrogen-bond donors (Lipinski definition) is 1. The van der Waals surface area contributed by atoms with Crippen LogP contribution < -0.4 is 5.32 Å². The van der Waals surface area contributed by atoms with Gasteiger partial charge in [-0.2, -0.15) is 0 Å². The lowest BCUT2D eigenvalue weighted by molar-refractivity contribution is 0.205. The smallest absolute Gasteiger partial charge is 0.0451 e. The number of nitrogens with zero attached hydrogens (tertiary/aromatic N) is 1. The van der Waals surface area contributed by atoms with Gasteiger partial charge >= 0.3 is 0 Å². The Labute approximate surface area is 134 Å². The summed E-state index contributed by atoms with van der Waals surface area (Å²) in [5.74, 6) is 0. The average Bonchev–Trinajstić information content (AvgIpc) is 2.61. The molecule has 2 aromatic rings. The molecule has 2 aromatic carbocycles. The van der Waals surface area contributed by atoms with Crippen molar-refractivity contribution in [1.29, 1.82) is 0 Å². The van der Waals surface area contributed by atoms with E-state index in [0.29, 0.717) is 6.04 Å². The van der Waals surface area contributed by atoms with E-state index < -0.39 is 0 Å². The maximum Gasteiger partial charge on any atom is 0.0451 e. The number of nitrogens with one attached hydrogen (secondary N) is 1. The molecule has 0 aromatic heterocycles. The van der Waals surface area contributed by atoms with Gasteiger partial charge in [-0.3, -0.25) is 0 Å². The van der Waals surface area contributed by atoms with Gasteiger partial charge in [0, 0.05) is 19.1 Å². The second-order valence-electron chi connectivity index (χ2n) is 6.19. The lowest BCUT2D eigenvalue weighted by Crippen LogP contribution is -2.38. The highest BCUT2D eigenvalue weighted by atomic mass is 15.2. The highest BCUT2D eigenvalue weighted by Crippen LogP contribution is 2.18. The molecule has 1 aliphatic rings. The van der Waals surface area contributed by atoms with E-state index >= 15 is 0 Å². The molecular weight excluding hydrogens is 268 g/mol. The van der Waals surface area contributed by atoms with Crippen LogP contribution in [0.15, 0.2) is 60.7 Å². The normalized spacial score (nSPS) is 17.3. The molecule has 2 nitrogen and oxygen atoms in total. The molecule has 3 rings (SSSR count). The zero-order valence-corrected chi connectivity index (χ0v) is 13.2. The first-order valence-corrected chi connectivity index (χ1v) is 8.46. The van der Waals surface area contributed by atoms with Crippen LogP contribution >= 0.6 is 0 Å². The SMILES string of the molecule is c1ccc(CNC(CN2CCCCC2)c2ccccc2)cc1. The third-order valence-electron chi connectivity index (χ3n) is 4.49. The lowest BCUT2D eigenvalue weighted by atomic mass is 10.0. The molecule has 1 unspecified atom stereocenters. The number of rotatable bonds is 6. The van der Waals surface area contributed by atoms with Crippen molar-refractivity contribution in [2.24, 2.45) is 0 Å². The Kier molecular flexibility index (Phi) is 5.63. The molecule has 0 radical (unpaired) electrons. The topological polar surface area (TPSA) is 15.3 Å². The Hall–Kier alpha value is -1.64. The van der Waals surface area contributed by atoms with Gasteiger partial charge in [0.15, 0.2) is 0 Å². The van der Waals surface area contributed by atoms with E-state index in [1.165, 1.54) is 43.5 Å². The Balaban J connectivity index is 1.65. The van der Waals surface area contributed by atoms with Gasteiger partial charge in [-0.1, -0.05) is 67.1 Å². The van der Waals surface area contributed by atoms with E-state index in [-0.39, 0.29) is 0 Å². The fourth-order valence-electron chi connectivity index (χ4n) is 3.21. The summed E-state index contributed by atoms with van der Waals surface area (Å²) < 4.78 is 0. The molecule has 0 aliphatic carbocycles. The highest BCUT2D eigenvalue weighted by molar-refractivity contribution is 5.20. The second-order valence-corrected chi connectivity index (χ2v) is 6.19. The molecular formula is C20H26N2. The van der Waals surface area contributed by atoms with Crippen molar-refractivity contribution in [2.75, 3.05) is 19.6 Å². The van der Waals surface area contributed by atoms with Gasteiger partial charge in [-0.05, 0) is 37.1 Å². The largest absolute Gasteiger partial charge is 0.305 e. The summed E-state index contributed by atoms with van der Waals surface area (Å²) in [5.41, 5.74) is 2.74. The lowest BCUT2D eigenvalue weighted by Gasteiger charge is -2.31. The van der Waals surface area contributed by atoms with Gasteiger partial charge in [-0.15, -0.1) is 0 Å². The first kappa shape index (κ1) is 15.3. The van der Waals surface area contributed by atoms with E-state index in [2.05, 4.69) is 70.9 Å². The molecule has 1 N–H and O–H groups in total. The zero-order chi connectivity index (χ0) is 15.0. The van der Waals surface area contributed by atoms with E-state index in [1.807, 2.05) is 0 Å². The number of hydrogen-bond acceptors (Lipinski definition) is 2. The van der Waals surface area contributed by atoms with Crippen LogP contribution in [0.5, 0.6) is 0 Å². The Morgan fingerprint density at radius 2 is 1.45 bits per heavy atom. The molecule has 22 heavy (non-hydrogen) atoms. The summed E-state index contributed by atoms with van der Waals surface area (Å²) in [4.78, 5) is 2.61. The minimum Gasteiger partial charge on any atom is -0.305 e. The molecule has 1 atom stereocenters. The molecule has 1 aliphatic heterocycles. The Morgan fingerprint density at radius 3 is 2.14 bits per heavy atom. The van der Waals surface area contributed by atoms with Crippen molar-refractivity contribution in [3.05, 3.63) is 71.8 Å². The van der Waals surface area contributed by atoms with Gasteiger partial charge in [-0.25, -0.2) is 0 Å². The minimum atomic E-state index is 0.402. The van der Waals surface area contributed by atoms with E-state index in [1.54, 1.807) is 0 Å². The van der Waals surface area contributed by atoms with Crippen molar-refractivity contribution >= 4 is 0 Å². The third-order valence-corrected chi connectivity index (χ3v) is 4.49. The summed E-state index contributed by atoms with van der Waals surface area (Å²) >= 11 is 0. The molecule has 0 spiro atoms. The summed E-state index contributed by atoms with van der Waals surface area (Å²) in [6, 6.07) is 21.9. The molecule has 1 heterocycles. The molecule has 116 valence electrons. The first-order valence-electron chi connectivity index (χ1n) is 8.46. The van der Waals surface area contributed by atoms with Crippen molar-refractivity contribution in [1.82, 2.24) is 10.2 Å². The zero-order valence-electron chi connectivity index (χ0n) is 13.2. The van der Waals surface area contributed by atoms with Gasteiger partial charge < -0.3 is 10.2 Å². The maximum absolute atomic E-state index is 3.76. The number of piperidine rings is 1. The number of benzene rings is 2. The van der Waals surface area contributed by atoms with Crippen LogP contribution in [0.2, 0.25) is 0 Å². The average molecular weight is 294 g/mol. The summed E-state index contributed by atoms with van der Waals surface area (Å²) in [6.07, 6.45) is 4.09. The van der Waals surface area contributed by atoms with Crippen molar-refractivity contribution in [3.8, 4) is 0 Å². The third kappa shape index (κ3) is 4.43. The van der Waals surface area contributed by atoms with E-state index in [4.69, 9.17) is 0 Å². The molecule has 2 heteroatoms. The van der Waals surface area contributed by atoms with Crippen LogP contribution in [0, 0.1) is 0 Å². The molecule has 0 bridgehead atoms. The Bertz CT molecular complexity index is 532. The predicted octanol–water partition coefficient (Wildman–Crippen LogP) is 4.00. The summed E-state index contributed by atoms with van der Waals surface area (Å²) in [5, 5.41) is 3.76. The first-order chi connectivity index (χ1) is 10.9. The minimum absolute atomic E-state index is 0.402. The van der Waals surface area contributed by atoms with Gasteiger partial charge in [0.25, 0.3) is 0 Å². The van der Waals surface area contributed by atoms with Crippen LogP contribution in [0.1, 0.15) is 36.4 Å². The van der Waals surface area contributed by atoms with E-state index in [0.717, 1.165) is 13.1 Å². The molecule has 0 amide bonds. The molecule has 0 saturated carbocycles. The second kappa shape index (κ2) is 8.11. The fraction of sp³-hybridized carbons (Fsp3) is 0.400. The van der Waals surface area contributed by atoms with Crippen LogP contribution in [-0.4, -0.2) is 24.5 Å². The molecule has 1 saturated heterocycles. The fourth-order valence-corrected chi connectivity index (χ4v) is 3.21. The van der Waals surface area contributed by atoms with Crippen molar-refractivity contribution in [2.45, 2.75) is 31.8 Å². The summed E-state index contributed by atoms with van der Waals surface area (Å²) in [7, 11) is 0. The molecule has 1 fully saturated rings. The van der Waals surface area contributed by atoms with Gasteiger partial charge in [0.2, 0.25) is 0 Å². The monoisotopic (exact) mass is 294 g/mol. The highest BCUT2D eigenvalue weighted by Gasteiger charge is 2.17. The van der Waals surface area contributed by atoms with Crippen molar-refractivity contribution < 1.29 is 0 Å². The standard InChI is InChI=1S/C20H26N2/c1-4-10-18(11-5-1)16-21-20(19-12-6-2-7-13-19)17-22-14-8-3-9-15-22/h1-2,4-7,10-13,20-21H,3,8-9,14-17H2. The van der Waals surface area contributed by atoms with Crippen LogP contribution in [0.3, 0.4) is 0 Å². The van der Waals surface area contributed by atoms with Crippen LogP contribution in [0.25, 0.3) is 0 Å². The van der Waals surface area contributed by atoms with Gasteiger partial charge in [0.05, 0.1) is 0 Å². The van der Waals surface area contributed by atoms with Crippen molar-refractivity contribution in [3.63, 3.8) is 0 Å². The van der Waals surface area contributed by atoms with Crippen LogP contribution in [0.4, 0.5) is 0 Å². The Morgan fingerprint density at radius 1 is 0.818 bits per heavy atom. The van der Waals surface area contributed by atoms with Crippen LogP contribution in [-0.2, 0) is 6.54 Å². The number of likely N-dealkylation sites (tertiary alicyclic amines) is 1. The summed E-state index contributed by atoms with van der Waals surface area (Å²) in [6.45, 7) is 4.53. The maximum atomic E-state index is 3.76. The van der Waals surface area contributed by atoms with Gasteiger partial charge in [0.1, 0.15) is 0 Å². The quantitative estimate of drug-likeness (QED) is 0.866.